The summed E-state index contributed by atoms with van der Waals surface area (Å²) in [6, 6.07) is 8.26. The van der Waals surface area contributed by atoms with Crippen LogP contribution in [0.1, 0.15) is 144 Å². The van der Waals surface area contributed by atoms with Crippen LogP contribution in [0.3, 0.4) is 0 Å². The number of aliphatic carboxylic acids is 1. The van der Waals surface area contributed by atoms with Crippen molar-refractivity contribution >= 4 is 23.5 Å². The Bertz CT molecular complexity index is 1570. The predicted molar refractivity (Wildman–Crippen MR) is 201 cm³/mol. The summed E-state index contributed by atoms with van der Waals surface area (Å²) in [6.07, 6.45) is 14.6. The minimum absolute atomic E-state index is 0.0123. The zero-order chi connectivity index (χ0) is 36.1. The lowest BCUT2D eigenvalue weighted by atomic mass is 9.33. The second kappa shape index (κ2) is 12.1. The Morgan fingerprint density at radius 2 is 1.62 bits per heavy atom. The summed E-state index contributed by atoms with van der Waals surface area (Å²) in [6.45, 7) is 20.6. The van der Waals surface area contributed by atoms with E-state index in [0.29, 0.717) is 23.2 Å². The highest BCUT2D eigenvalue weighted by molar-refractivity contribution is 6.30. The molecule has 6 aliphatic carbocycles. The fourth-order valence-electron chi connectivity index (χ4n) is 14.0. The van der Waals surface area contributed by atoms with Gasteiger partial charge in [0.1, 0.15) is 6.10 Å². The first kappa shape index (κ1) is 36.5. The number of nitrogens with one attached hydrogen (secondary N) is 1. The number of hydrogen-bond acceptors (Lipinski definition) is 4. The van der Waals surface area contributed by atoms with E-state index in [1.54, 1.807) is 19.4 Å². The van der Waals surface area contributed by atoms with Crippen LogP contribution in [0.5, 0.6) is 0 Å². The SMILES string of the molecule is CC(C)C1=C2[C@H]3CC[C@@H]4[C@@]5(C)CC[C@H](OC(=O)CC(C)(C)C(=O)O)C6(C)C[C@]65CC[C@@]4(C)[C@]3(C)CC[C@@]2(CCNCc2ccc(Cl)cc2)CC1. The van der Waals surface area contributed by atoms with Gasteiger partial charge in [-0.15, -0.1) is 0 Å². The van der Waals surface area contributed by atoms with E-state index in [1.807, 2.05) is 17.7 Å². The van der Waals surface area contributed by atoms with E-state index in [4.69, 9.17) is 16.3 Å². The van der Waals surface area contributed by atoms with Crippen molar-refractivity contribution in [3.05, 3.63) is 46.0 Å². The number of carboxylic acids is 1. The van der Waals surface area contributed by atoms with Crippen molar-refractivity contribution in [3.8, 4) is 0 Å². The number of esters is 1. The molecule has 0 bridgehead atoms. The van der Waals surface area contributed by atoms with Crippen LogP contribution in [-0.2, 0) is 20.9 Å². The van der Waals surface area contributed by atoms with Gasteiger partial charge in [0.05, 0.1) is 11.8 Å². The number of carboxylic acid groups (broad SMARTS) is 1. The van der Waals surface area contributed by atoms with Crippen molar-refractivity contribution in [2.24, 2.45) is 55.7 Å². The molecule has 1 aromatic rings. The average molecular weight is 706 g/mol. The van der Waals surface area contributed by atoms with E-state index >= 15 is 0 Å². The van der Waals surface area contributed by atoms with Gasteiger partial charge in [-0.1, -0.05) is 76.4 Å². The van der Waals surface area contributed by atoms with Crippen molar-refractivity contribution in [2.75, 3.05) is 6.54 Å². The number of ether oxygens (including phenoxy) is 1. The molecule has 1 spiro atoms. The fraction of sp³-hybridized carbons (Fsp3) is 0.773. The molecule has 5 fully saturated rings. The Morgan fingerprint density at radius 1 is 0.920 bits per heavy atom. The lowest BCUT2D eigenvalue weighted by Crippen LogP contribution is -2.64. The first-order valence-corrected chi connectivity index (χ1v) is 20.4. The topological polar surface area (TPSA) is 75.6 Å². The molecule has 0 aromatic heterocycles. The molecule has 6 heteroatoms. The van der Waals surface area contributed by atoms with E-state index in [2.05, 4.69) is 59.0 Å². The number of rotatable bonds is 10. The monoisotopic (exact) mass is 705 g/mol. The maximum Gasteiger partial charge on any atom is 0.309 e. The van der Waals surface area contributed by atoms with Gasteiger partial charge >= 0.3 is 11.9 Å². The molecule has 276 valence electrons. The molecule has 50 heavy (non-hydrogen) atoms. The molecule has 9 atom stereocenters. The summed E-state index contributed by atoms with van der Waals surface area (Å²) in [5, 5.41) is 14.2. The van der Waals surface area contributed by atoms with Gasteiger partial charge in [-0.25, -0.2) is 0 Å². The van der Waals surface area contributed by atoms with Crippen molar-refractivity contribution in [1.29, 1.82) is 0 Å². The summed E-state index contributed by atoms with van der Waals surface area (Å²) in [4.78, 5) is 24.8. The first-order chi connectivity index (χ1) is 23.4. The van der Waals surface area contributed by atoms with Crippen LogP contribution in [0.2, 0.25) is 5.02 Å². The molecule has 6 aliphatic rings. The molecular weight excluding hydrogens is 642 g/mol. The molecule has 2 N–H and O–H groups in total. The quantitative estimate of drug-likeness (QED) is 0.144. The Kier molecular flexibility index (Phi) is 8.82. The second-order valence-corrected chi connectivity index (χ2v) is 20.4. The highest BCUT2D eigenvalue weighted by Crippen LogP contribution is 2.87. The number of benzene rings is 1. The molecule has 5 nitrogen and oxygen atoms in total. The van der Waals surface area contributed by atoms with E-state index in [0.717, 1.165) is 37.4 Å². The Morgan fingerprint density at radius 3 is 2.30 bits per heavy atom. The second-order valence-electron chi connectivity index (χ2n) is 19.9. The maximum absolute atomic E-state index is 13.1. The van der Waals surface area contributed by atoms with E-state index in [1.165, 1.54) is 63.4 Å². The van der Waals surface area contributed by atoms with Gasteiger partial charge in [-0.05, 0) is 160 Å². The molecule has 0 heterocycles. The highest BCUT2D eigenvalue weighted by Gasteiger charge is 2.82. The predicted octanol–water partition coefficient (Wildman–Crippen LogP) is 10.8. The lowest BCUT2D eigenvalue weighted by Gasteiger charge is -2.71. The van der Waals surface area contributed by atoms with Gasteiger partial charge in [0.2, 0.25) is 0 Å². The van der Waals surface area contributed by atoms with Crippen molar-refractivity contribution in [3.63, 3.8) is 0 Å². The zero-order valence-electron chi connectivity index (χ0n) is 32.3. The van der Waals surface area contributed by atoms with Crippen LogP contribution in [0, 0.1) is 55.7 Å². The van der Waals surface area contributed by atoms with Crippen LogP contribution in [0.4, 0.5) is 0 Å². The smallest absolute Gasteiger partial charge is 0.309 e. The maximum atomic E-state index is 13.1. The molecule has 1 aromatic carbocycles. The van der Waals surface area contributed by atoms with E-state index in [-0.39, 0.29) is 45.6 Å². The lowest BCUT2D eigenvalue weighted by molar-refractivity contribution is -0.218. The Labute approximate surface area is 307 Å². The molecule has 0 aliphatic heterocycles. The average Bonchev–Trinajstić information content (AvgIpc) is 3.52. The molecule has 7 rings (SSSR count). The minimum atomic E-state index is -1.11. The zero-order valence-corrected chi connectivity index (χ0v) is 33.0. The standard InChI is InChI=1S/C44H64ClNO4/c1-28(2)31-15-18-43(23-24-46-26-29-9-11-30(45)12-10-29)21-19-39(5)32(36(31)43)13-14-33-40(39,6)20-22-44-27-42(44,8)34(16-17-41(33,44)7)50-35(47)25-38(3,4)37(48)49/h9-12,28,32-34,46H,13-27H2,1-8H3,(H,48,49)/t32-,33+,34+,39-,40-,41-,42?,43-,44+/m1/s1. The fourth-order valence-corrected chi connectivity index (χ4v) is 14.1. The van der Waals surface area contributed by atoms with Gasteiger partial charge in [0, 0.05) is 17.0 Å². The first-order valence-electron chi connectivity index (χ1n) is 20.0. The van der Waals surface area contributed by atoms with Gasteiger partial charge in [-0.2, -0.15) is 0 Å². The minimum Gasteiger partial charge on any atom is -0.481 e. The van der Waals surface area contributed by atoms with Gasteiger partial charge in [-0.3, -0.25) is 9.59 Å². The highest BCUT2D eigenvalue weighted by atomic mass is 35.5. The largest absolute Gasteiger partial charge is 0.481 e. The molecular formula is C44H64ClNO4. The number of hydrogen-bond donors (Lipinski definition) is 2. The third kappa shape index (κ3) is 5.15. The number of carbonyl (C=O) groups is 2. The van der Waals surface area contributed by atoms with Crippen molar-refractivity contribution in [1.82, 2.24) is 5.32 Å². The van der Waals surface area contributed by atoms with Crippen LogP contribution in [-0.4, -0.2) is 29.7 Å². The number of halogens is 1. The van der Waals surface area contributed by atoms with Crippen LogP contribution in [0.25, 0.3) is 0 Å². The number of carbonyl (C=O) groups excluding carboxylic acids is 1. The van der Waals surface area contributed by atoms with Gasteiger partial charge < -0.3 is 15.2 Å². The molecule has 0 radical (unpaired) electrons. The summed E-state index contributed by atoms with van der Waals surface area (Å²) < 4.78 is 6.23. The molecule has 1 unspecified atom stereocenters. The molecule has 0 saturated heterocycles. The van der Waals surface area contributed by atoms with Crippen LogP contribution in [0.15, 0.2) is 35.4 Å². The Hall–Kier alpha value is -1.85. The summed E-state index contributed by atoms with van der Waals surface area (Å²) in [5.74, 6) is 0.661. The van der Waals surface area contributed by atoms with Gasteiger partial charge in [0.25, 0.3) is 0 Å². The third-order valence-corrected chi connectivity index (χ3v) is 17.5. The molecule has 0 amide bonds. The van der Waals surface area contributed by atoms with E-state index < -0.39 is 11.4 Å². The summed E-state index contributed by atoms with van der Waals surface area (Å²) in [5.41, 5.74) is 5.22. The van der Waals surface area contributed by atoms with Crippen LogP contribution >= 0.6 is 11.6 Å². The van der Waals surface area contributed by atoms with E-state index in [9.17, 15) is 14.7 Å². The van der Waals surface area contributed by atoms with Crippen LogP contribution < -0.4 is 5.32 Å². The Balaban J connectivity index is 1.11. The normalized spacial score (nSPS) is 41.8. The van der Waals surface area contributed by atoms with Gasteiger partial charge in [0.15, 0.2) is 0 Å². The number of allylic oxidation sites excluding steroid dienone is 2. The van der Waals surface area contributed by atoms with Crippen molar-refractivity contribution < 1.29 is 19.4 Å². The molecule has 5 saturated carbocycles. The number of fused-ring (bicyclic) bond motifs is 6. The van der Waals surface area contributed by atoms with Crippen molar-refractivity contribution in [2.45, 2.75) is 152 Å². The third-order valence-electron chi connectivity index (χ3n) is 17.2. The summed E-state index contributed by atoms with van der Waals surface area (Å²) >= 11 is 6.14. The summed E-state index contributed by atoms with van der Waals surface area (Å²) in [7, 11) is 0.